The number of aliphatic hydroxyl groups is 2. The van der Waals surface area contributed by atoms with E-state index < -0.39 is 17.7 Å². The fourth-order valence-corrected chi connectivity index (χ4v) is 2.21. The number of ether oxygens (including phenoxy) is 2. The Kier molecular flexibility index (Phi) is 4.07. The van der Waals surface area contributed by atoms with Crippen molar-refractivity contribution >= 4 is 5.97 Å². The zero-order valence-electron chi connectivity index (χ0n) is 10.8. The van der Waals surface area contributed by atoms with Gasteiger partial charge in [-0.05, 0) is 43.5 Å². The van der Waals surface area contributed by atoms with Crippen molar-refractivity contribution in [1.29, 1.82) is 0 Å². The number of rotatable bonds is 4. The van der Waals surface area contributed by atoms with Gasteiger partial charge in [0, 0.05) is 0 Å². The van der Waals surface area contributed by atoms with Crippen LogP contribution >= 0.6 is 0 Å². The van der Waals surface area contributed by atoms with Crippen LogP contribution in [0, 0.1) is 0 Å². The summed E-state index contributed by atoms with van der Waals surface area (Å²) in [6.45, 7) is -0.182. The molecular weight excluding hydrogens is 248 g/mol. The lowest BCUT2D eigenvalue weighted by Crippen LogP contribution is -2.42. The molecule has 1 aromatic rings. The Balaban J connectivity index is 1.93. The highest BCUT2D eigenvalue weighted by molar-refractivity contribution is 5.89. The molecule has 2 atom stereocenters. The Bertz CT molecular complexity index is 442. The maximum atomic E-state index is 11.8. The van der Waals surface area contributed by atoms with Gasteiger partial charge in [0.25, 0.3) is 0 Å². The fourth-order valence-electron chi connectivity index (χ4n) is 2.21. The van der Waals surface area contributed by atoms with Gasteiger partial charge < -0.3 is 19.7 Å². The molecule has 1 saturated carbocycles. The maximum Gasteiger partial charge on any atom is 0.338 e. The molecule has 0 aliphatic heterocycles. The predicted octanol–water partition coefficient (Wildman–Crippen LogP) is 1.13. The van der Waals surface area contributed by atoms with Crippen molar-refractivity contribution in [3.05, 3.63) is 29.8 Å². The molecule has 0 amide bonds. The van der Waals surface area contributed by atoms with Crippen LogP contribution in [-0.2, 0) is 4.74 Å². The van der Waals surface area contributed by atoms with Crippen LogP contribution in [0.25, 0.3) is 0 Å². The topological polar surface area (TPSA) is 76.0 Å². The van der Waals surface area contributed by atoms with E-state index in [9.17, 15) is 15.0 Å². The van der Waals surface area contributed by atoms with Gasteiger partial charge >= 0.3 is 5.97 Å². The fraction of sp³-hybridized carbons (Fsp3) is 0.500. The van der Waals surface area contributed by atoms with E-state index in [2.05, 4.69) is 0 Å². The summed E-state index contributed by atoms with van der Waals surface area (Å²) in [5.74, 6) is 0.136. The van der Waals surface area contributed by atoms with Crippen LogP contribution in [0.15, 0.2) is 24.3 Å². The van der Waals surface area contributed by atoms with Crippen LogP contribution in [-0.4, -0.2) is 41.6 Å². The van der Waals surface area contributed by atoms with Crippen molar-refractivity contribution in [3.63, 3.8) is 0 Å². The third kappa shape index (κ3) is 3.05. The second-order valence-electron chi connectivity index (χ2n) is 4.82. The predicted molar refractivity (Wildman–Crippen MR) is 68.1 cm³/mol. The number of hydrogen-bond acceptors (Lipinski definition) is 5. The van der Waals surface area contributed by atoms with Gasteiger partial charge in [-0.2, -0.15) is 0 Å². The normalized spacial score (nSPS) is 26.2. The lowest BCUT2D eigenvalue weighted by molar-refractivity contribution is -0.0903. The summed E-state index contributed by atoms with van der Waals surface area (Å²) in [6, 6.07) is 6.51. The van der Waals surface area contributed by atoms with E-state index in [-0.39, 0.29) is 6.61 Å². The zero-order valence-corrected chi connectivity index (χ0v) is 10.8. The van der Waals surface area contributed by atoms with Crippen LogP contribution in [0.1, 0.15) is 29.6 Å². The number of carbonyl (C=O) groups is 1. The average molecular weight is 266 g/mol. The number of aliphatic hydroxyl groups excluding tert-OH is 1. The number of hydrogen-bond donors (Lipinski definition) is 2. The average Bonchev–Trinajstić information content (AvgIpc) is 2.77. The molecule has 0 aromatic heterocycles. The summed E-state index contributed by atoms with van der Waals surface area (Å²) in [6.07, 6.45) is 0.898. The molecule has 2 N–H and O–H groups in total. The molecule has 2 rings (SSSR count). The smallest absolute Gasteiger partial charge is 0.338 e. The largest absolute Gasteiger partial charge is 0.497 e. The molecule has 1 aromatic carbocycles. The molecule has 1 fully saturated rings. The molecule has 19 heavy (non-hydrogen) atoms. The summed E-state index contributed by atoms with van der Waals surface area (Å²) < 4.78 is 10.1. The first-order valence-electron chi connectivity index (χ1n) is 6.27. The Morgan fingerprint density at radius 3 is 2.63 bits per heavy atom. The standard InChI is InChI=1S/C14H18O5/c1-18-11-6-4-10(5-7-11)13(16)19-9-14(17)8-2-3-12(14)15/h4-7,12,15,17H,2-3,8-9H2,1H3/t12-,14-/m1/s1. The van der Waals surface area contributed by atoms with Crippen LogP contribution in [0.2, 0.25) is 0 Å². The Hall–Kier alpha value is -1.59. The third-order valence-corrected chi connectivity index (χ3v) is 3.49. The van der Waals surface area contributed by atoms with Crippen LogP contribution in [0.5, 0.6) is 5.75 Å². The van der Waals surface area contributed by atoms with Gasteiger partial charge in [0.1, 0.15) is 18.0 Å². The zero-order chi connectivity index (χ0) is 13.9. The van der Waals surface area contributed by atoms with E-state index in [0.29, 0.717) is 24.2 Å². The first-order valence-corrected chi connectivity index (χ1v) is 6.27. The molecule has 0 saturated heterocycles. The number of carbonyl (C=O) groups excluding carboxylic acids is 1. The van der Waals surface area contributed by atoms with Crippen molar-refractivity contribution in [2.24, 2.45) is 0 Å². The first-order chi connectivity index (χ1) is 9.05. The van der Waals surface area contributed by atoms with Gasteiger partial charge in [0.2, 0.25) is 0 Å². The molecule has 0 unspecified atom stereocenters. The van der Waals surface area contributed by atoms with E-state index in [1.165, 1.54) is 0 Å². The second kappa shape index (κ2) is 5.59. The number of benzene rings is 1. The van der Waals surface area contributed by atoms with Crippen molar-refractivity contribution in [3.8, 4) is 5.75 Å². The SMILES string of the molecule is COc1ccc(C(=O)OC[C@]2(O)CCC[C@H]2O)cc1. The second-order valence-corrected chi connectivity index (χ2v) is 4.82. The number of esters is 1. The summed E-state index contributed by atoms with van der Waals surface area (Å²) in [5.41, 5.74) is -0.917. The Labute approximate surface area is 111 Å². The maximum absolute atomic E-state index is 11.8. The van der Waals surface area contributed by atoms with Crippen LogP contribution in [0.3, 0.4) is 0 Å². The molecule has 0 radical (unpaired) electrons. The van der Waals surface area contributed by atoms with Crippen molar-refractivity contribution in [2.75, 3.05) is 13.7 Å². The van der Waals surface area contributed by atoms with Crippen molar-refractivity contribution in [1.82, 2.24) is 0 Å². The van der Waals surface area contributed by atoms with E-state index in [4.69, 9.17) is 9.47 Å². The number of methoxy groups -OCH3 is 1. The molecule has 1 aliphatic carbocycles. The highest BCUT2D eigenvalue weighted by Gasteiger charge is 2.41. The van der Waals surface area contributed by atoms with Gasteiger partial charge in [0.05, 0.1) is 18.8 Å². The van der Waals surface area contributed by atoms with E-state index in [1.54, 1.807) is 31.4 Å². The molecular formula is C14H18O5. The van der Waals surface area contributed by atoms with Crippen molar-refractivity contribution < 1.29 is 24.5 Å². The summed E-state index contributed by atoms with van der Waals surface area (Å²) >= 11 is 0. The Morgan fingerprint density at radius 1 is 1.42 bits per heavy atom. The van der Waals surface area contributed by atoms with Crippen molar-refractivity contribution in [2.45, 2.75) is 31.0 Å². The van der Waals surface area contributed by atoms with Crippen LogP contribution < -0.4 is 4.74 Å². The first kappa shape index (κ1) is 13.8. The molecule has 5 heteroatoms. The van der Waals surface area contributed by atoms with E-state index in [1.807, 2.05) is 0 Å². The van der Waals surface area contributed by atoms with E-state index in [0.717, 1.165) is 6.42 Å². The lowest BCUT2D eigenvalue weighted by atomic mass is 10.0. The summed E-state index contributed by atoms with van der Waals surface area (Å²) in [7, 11) is 1.55. The third-order valence-electron chi connectivity index (χ3n) is 3.49. The molecule has 0 bridgehead atoms. The molecule has 1 aliphatic rings. The summed E-state index contributed by atoms with van der Waals surface area (Å²) in [5, 5.41) is 19.7. The van der Waals surface area contributed by atoms with Gasteiger partial charge in [-0.3, -0.25) is 0 Å². The van der Waals surface area contributed by atoms with Gasteiger partial charge in [0.15, 0.2) is 0 Å². The van der Waals surface area contributed by atoms with Gasteiger partial charge in [-0.25, -0.2) is 4.79 Å². The van der Waals surface area contributed by atoms with E-state index >= 15 is 0 Å². The molecule has 0 heterocycles. The highest BCUT2D eigenvalue weighted by Crippen LogP contribution is 2.30. The quantitative estimate of drug-likeness (QED) is 0.799. The summed E-state index contributed by atoms with van der Waals surface area (Å²) in [4.78, 5) is 11.8. The lowest BCUT2D eigenvalue weighted by Gasteiger charge is -2.25. The Morgan fingerprint density at radius 2 is 2.11 bits per heavy atom. The minimum absolute atomic E-state index is 0.182. The monoisotopic (exact) mass is 266 g/mol. The molecule has 5 nitrogen and oxygen atoms in total. The van der Waals surface area contributed by atoms with Gasteiger partial charge in [-0.1, -0.05) is 0 Å². The molecule has 104 valence electrons. The highest BCUT2D eigenvalue weighted by atomic mass is 16.5. The molecule has 0 spiro atoms. The van der Waals surface area contributed by atoms with Gasteiger partial charge in [-0.15, -0.1) is 0 Å². The van der Waals surface area contributed by atoms with Crippen LogP contribution in [0.4, 0.5) is 0 Å². The minimum atomic E-state index is -1.30. The minimum Gasteiger partial charge on any atom is -0.497 e.